The highest BCUT2D eigenvalue weighted by molar-refractivity contribution is 6.74. The average Bonchev–Trinajstić information content (AvgIpc) is 2.30. The predicted molar refractivity (Wildman–Crippen MR) is 87.1 cm³/mol. The van der Waals surface area contributed by atoms with E-state index in [4.69, 9.17) is 4.43 Å². The van der Waals surface area contributed by atoms with E-state index >= 15 is 0 Å². The van der Waals surface area contributed by atoms with Crippen molar-refractivity contribution in [1.82, 2.24) is 0 Å². The van der Waals surface area contributed by atoms with Crippen molar-refractivity contribution in [2.45, 2.75) is 59.7 Å². The molecule has 0 aliphatic carbocycles. The SMILES string of the molecule is CC(=O)c1c(O)c(C)c(O[Si](C)(C)C(C)(C)C)c(C)c1O. The first-order valence-electron chi connectivity index (χ1n) is 7.06. The third-order valence-electron chi connectivity index (χ3n) is 4.38. The number of hydrogen-bond acceptors (Lipinski definition) is 4. The first-order chi connectivity index (χ1) is 9.31. The fourth-order valence-electron chi connectivity index (χ4n) is 1.88. The van der Waals surface area contributed by atoms with Crippen LogP contribution < -0.4 is 4.43 Å². The zero-order valence-corrected chi connectivity index (χ0v) is 15.2. The van der Waals surface area contributed by atoms with Crippen LogP contribution in [0.2, 0.25) is 18.1 Å². The summed E-state index contributed by atoms with van der Waals surface area (Å²) in [4.78, 5) is 11.6. The van der Waals surface area contributed by atoms with Gasteiger partial charge < -0.3 is 14.6 Å². The van der Waals surface area contributed by atoms with Crippen LogP contribution in [0.4, 0.5) is 0 Å². The number of phenolic OH excluding ortho intramolecular Hbond substituents is 2. The maximum Gasteiger partial charge on any atom is 0.250 e. The van der Waals surface area contributed by atoms with Gasteiger partial charge in [-0.05, 0) is 38.9 Å². The molecule has 5 heteroatoms. The van der Waals surface area contributed by atoms with E-state index in [1.54, 1.807) is 13.8 Å². The van der Waals surface area contributed by atoms with Gasteiger partial charge in [0.2, 0.25) is 0 Å². The molecule has 0 atom stereocenters. The Morgan fingerprint density at radius 1 is 1.05 bits per heavy atom. The van der Waals surface area contributed by atoms with Crippen LogP contribution in [-0.4, -0.2) is 24.3 Å². The van der Waals surface area contributed by atoms with Crippen LogP contribution in [0.1, 0.15) is 49.2 Å². The van der Waals surface area contributed by atoms with Crippen LogP contribution in [0.25, 0.3) is 0 Å². The standard InChI is InChI=1S/C16H26O4Si/c1-9-13(18)12(11(3)17)14(19)10(2)15(9)20-21(7,8)16(4,5)6/h18-19H,1-8H3. The van der Waals surface area contributed by atoms with Gasteiger partial charge in [-0.25, -0.2) is 0 Å². The van der Waals surface area contributed by atoms with Crippen LogP contribution in [-0.2, 0) is 0 Å². The van der Waals surface area contributed by atoms with Crippen LogP contribution in [0, 0.1) is 13.8 Å². The van der Waals surface area contributed by atoms with Crippen molar-refractivity contribution >= 4 is 14.1 Å². The van der Waals surface area contributed by atoms with Gasteiger partial charge in [-0.3, -0.25) is 4.79 Å². The van der Waals surface area contributed by atoms with E-state index in [0.717, 1.165) is 0 Å². The van der Waals surface area contributed by atoms with E-state index in [-0.39, 0.29) is 27.9 Å². The number of rotatable bonds is 3. The molecule has 118 valence electrons. The summed E-state index contributed by atoms with van der Waals surface area (Å²) < 4.78 is 6.23. The third-order valence-corrected chi connectivity index (χ3v) is 8.71. The Morgan fingerprint density at radius 2 is 1.43 bits per heavy atom. The lowest BCUT2D eigenvalue weighted by molar-refractivity contribution is 0.101. The summed E-state index contributed by atoms with van der Waals surface area (Å²) in [7, 11) is -2.11. The number of carbonyl (C=O) groups excluding carboxylic acids is 1. The van der Waals surface area contributed by atoms with Crippen molar-refractivity contribution in [3.8, 4) is 17.2 Å². The third kappa shape index (κ3) is 3.07. The normalized spacial score (nSPS) is 12.4. The Labute approximate surface area is 127 Å². The average molecular weight is 310 g/mol. The van der Waals surface area contributed by atoms with Crippen molar-refractivity contribution in [3.63, 3.8) is 0 Å². The summed E-state index contributed by atoms with van der Waals surface area (Å²) >= 11 is 0. The van der Waals surface area contributed by atoms with Gasteiger partial charge in [0.1, 0.15) is 22.8 Å². The molecule has 1 rings (SSSR count). The Hall–Kier alpha value is -1.49. The number of ketones is 1. The minimum atomic E-state index is -2.11. The maximum atomic E-state index is 11.6. The number of benzene rings is 1. The summed E-state index contributed by atoms with van der Waals surface area (Å²) in [5.41, 5.74) is 0.966. The van der Waals surface area contributed by atoms with Gasteiger partial charge in [0, 0.05) is 11.1 Å². The Balaban J connectivity index is 3.51. The molecule has 1 aromatic carbocycles. The van der Waals surface area contributed by atoms with E-state index in [2.05, 4.69) is 33.9 Å². The van der Waals surface area contributed by atoms with Gasteiger partial charge in [0.25, 0.3) is 8.32 Å². The van der Waals surface area contributed by atoms with Crippen molar-refractivity contribution in [2.24, 2.45) is 0 Å². The second-order valence-electron chi connectivity index (χ2n) is 7.07. The zero-order valence-electron chi connectivity index (χ0n) is 14.2. The molecule has 0 spiro atoms. The second-order valence-corrected chi connectivity index (χ2v) is 11.8. The highest BCUT2D eigenvalue weighted by Crippen LogP contribution is 2.45. The molecule has 1 aromatic rings. The molecular weight excluding hydrogens is 284 g/mol. The van der Waals surface area contributed by atoms with Gasteiger partial charge in [-0.15, -0.1) is 0 Å². The van der Waals surface area contributed by atoms with Gasteiger partial charge in [0.05, 0.1) is 0 Å². The summed E-state index contributed by atoms with van der Waals surface area (Å²) in [5.74, 6) is -0.268. The molecule has 0 heterocycles. The first kappa shape index (κ1) is 17.6. The molecular formula is C16H26O4Si. The van der Waals surface area contributed by atoms with E-state index < -0.39 is 8.32 Å². The molecule has 4 nitrogen and oxygen atoms in total. The lowest BCUT2D eigenvalue weighted by Crippen LogP contribution is -2.44. The molecule has 0 bridgehead atoms. The van der Waals surface area contributed by atoms with Crippen LogP contribution >= 0.6 is 0 Å². The van der Waals surface area contributed by atoms with Gasteiger partial charge >= 0.3 is 0 Å². The van der Waals surface area contributed by atoms with E-state index in [1.165, 1.54) is 6.92 Å². The lowest BCUT2D eigenvalue weighted by atomic mass is 10.00. The number of hydrogen-bond donors (Lipinski definition) is 2. The van der Waals surface area contributed by atoms with E-state index in [9.17, 15) is 15.0 Å². The Bertz CT molecular complexity index is 554. The fourth-order valence-corrected chi connectivity index (χ4v) is 3.00. The molecule has 2 N–H and O–H groups in total. The van der Waals surface area contributed by atoms with Crippen molar-refractivity contribution in [2.75, 3.05) is 0 Å². The monoisotopic (exact) mass is 310 g/mol. The summed E-state index contributed by atoms with van der Waals surface area (Å²) in [6.07, 6.45) is 0. The minimum Gasteiger partial charge on any atom is -0.543 e. The molecule has 0 saturated heterocycles. The largest absolute Gasteiger partial charge is 0.543 e. The lowest BCUT2D eigenvalue weighted by Gasteiger charge is -2.37. The highest BCUT2D eigenvalue weighted by atomic mass is 28.4. The van der Waals surface area contributed by atoms with E-state index in [0.29, 0.717) is 16.9 Å². The summed E-state index contributed by atoms with van der Waals surface area (Å²) in [6.45, 7) is 15.3. The summed E-state index contributed by atoms with van der Waals surface area (Å²) in [6, 6.07) is 0. The highest BCUT2D eigenvalue weighted by Gasteiger charge is 2.40. The zero-order chi connectivity index (χ0) is 16.7. The van der Waals surface area contributed by atoms with Gasteiger partial charge in [-0.2, -0.15) is 0 Å². The van der Waals surface area contributed by atoms with Gasteiger partial charge in [0.15, 0.2) is 5.78 Å². The van der Waals surface area contributed by atoms with Crippen LogP contribution in [0.15, 0.2) is 0 Å². The van der Waals surface area contributed by atoms with Crippen LogP contribution in [0.3, 0.4) is 0 Å². The predicted octanol–water partition coefficient (Wildman–Crippen LogP) is 4.30. The Morgan fingerprint density at radius 3 is 1.71 bits per heavy atom. The van der Waals surface area contributed by atoms with Gasteiger partial charge in [-0.1, -0.05) is 20.8 Å². The molecule has 0 unspecified atom stereocenters. The van der Waals surface area contributed by atoms with E-state index in [1.807, 2.05) is 0 Å². The number of Topliss-reactive ketones (excluding diaryl/α,β-unsaturated/α-hetero) is 1. The topological polar surface area (TPSA) is 66.8 Å². The van der Waals surface area contributed by atoms with Crippen molar-refractivity contribution < 1.29 is 19.4 Å². The van der Waals surface area contributed by atoms with Crippen molar-refractivity contribution in [1.29, 1.82) is 0 Å². The molecule has 0 amide bonds. The maximum absolute atomic E-state index is 11.6. The molecule has 0 fully saturated rings. The van der Waals surface area contributed by atoms with Crippen molar-refractivity contribution in [3.05, 3.63) is 16.7 Å². The van der Waals surface area contributed by atoms with Crippen LogP contribution in [0.5, 0.6) is 17.2 Å². The molecule has 21 heavy (non-hydrogen) atoms. The number of carbonyl (C=O) groups is 1. The molecule has 0 aliphatic heterocycles. The second kappa shape index (κ2) is 5.37. The molecule has 0 radical (unpaired) electrons. The molecule has 0 saturated carbocycles. The molecule has 0 aliphatic rings. The molecule has 0 aromatic heterocycles. The summed E-state index contributed by atoms with van der Waals surface area (Å²) in [5, 5.41) is 20.4. The quantitative estimate of drug-likeness (QED) is 0.645. The number of phenols is 2. The fraction of sp³-hybridized carbons (Fsp3) is 0.562. The number of aromatic hydroxyl groups is 2. The Kier molecular flexibility index (Phi) is 4.49. The minimum absolute atomic E-state index is 0.00361. The smallest absolute Gasteiger partial charge is 0.250 e. The first-order valence-corrected chi connectivity index (χ1v) is 9.97.